The average Bonchev–Trinajstić information content (AvgIpc) is 2.75. The average molecular weight is 310 g/mol. The lowest BCUT2D eigenvalue weighted by Crippen LogP contribution is -2.31. The summed E-state index contributed by atoms with van der Waals surface area (Å²) in [6.45, 7) is 4.96. The second kappa shape index (κ2) is 4.78. The van der Waals surface area contributed by atoms with Gasteiger partial charge in [-0.05, 0) is 35.5 Å². The summed E-state index contributed by atoms with van der Waals surface area (Å²) in [6, 6.07) is 8.12. The third-order valence-electron chi connectivity index (χ3n) is 4.64. The molecule has 0 spiro atoms. The zero-order chi connectivity index (χ0) is 14.5. The number of benzene rings is 1. The lowest BCUT2D eigenvalue weighted by molar-refractivity contribution is -0.120. The van der Waals surface area contributed by atoms with Gasteiger partial charge in [0.15, 0.2) is 0 Å². The number of para-hydroxylation sites is 1. The van der Waals surface area contributed by atoms with Gasteiger partial charge in [-0.3, -0.25) is 4.79 Å². The fraction of sp³-hybridized carbons (Fsp3) is 0.438. The number of allylic oxidation sites excluding steroid dienone is 1. The molecule has 1 heterocycles. The third kappa shape index (κ3) is 2.15. The van der Waals surface area contributed by atoms with Crippen LogP contribution < -0.4 is 4.90 Å². The quantitative estimate of drug-likeness (QED) is 0.803. The topological polar surface area (TPSA) is 20.3 Å². The molecule has 106 valence electrons. The van der Waals surface area contributed by atoms with E-state index < -0.39 is 0 Å². The van der Waals surface area contributed by atoms with Crippen molar-refractivity contribution in [1.82, 2.24) is 0 Å². The van der Waals surface area contributed by atoms with Crippen LogP contribution in [-0.2, 0) is 11.2 Å². The normalized spacial score (nSPS) is 26.1. The van der Waals surface area contributed by atoms with Crippen molar-refractivity contribution >= 4 is 34.8 Å². The molecular formula is C16H17Cl2NO. The van der Waals surface area contributed by atoms with Crippen LogP contribution in [0.4, 0.5) is 5.69 Å². The minimum absolute atomic E-state index is 0.0267. The zero-order valence-electron chi connectivity index (χ0n) is 11.6. The van der Waals surface area contributed by atoms with Gasteiger partial charge in [0, 0.05) is 12.2 Å². The number of nitrogens with zero attached hydrogens (tertiary/aromatic N) is 1. The van der Waals surface area contributed by atoms with E-state index in [1.54, 1.807) is 6.08 Å². The van der Waals surface area contributed by atoms with Gasteiger partial charge in [-0.15, -0.1) is 0 Å². The van der Waals surface area contributed by atoms with Crippen molar-refractivity contribution in [2.45, 2.75) is 20.3 Å². The molecule has 0 N–H and O–H groups in total. The Kier molecular flexibility index (Phi) is 3.34. The first-order valence-corrected chi connectivity index (χ1v) is 7.60. The van der Waals surface area contributed by atoms with E-state index in [0.29, 0.717) is 0 Å². The van der Waals surface area contributed by atoms with Crippen LogP contribution in [0.1, 0.15) is 19.4 Å². The highest BCUT2D eigenvalue weighted by atomic mass is 35.5. The molecule has 1 aromatic carbocycles. The maximum Gasteiger partial charge on any atom is 0.231 e. The van der Waals surface area contributed by atoms with Crippen LogP contribution in [0.3, 0.4) is 0 Å². The Hall–Kier alpha value is -0.990. The van der Waals surface area contributed by atoms with Gasteiger partial charge >= 0.3 is 0 Å². The molecule has 0 radical (unpaired) electrons. The Bertz CT molecular complexity index is 590. The second-order valence-corrected chi connectivity index (χ2v) is 7.16. The molecule has 1 aliphatic heterocycles. The first-order valence-electron chi connectivity index (χ1n) is 6.85. The summed E-state index contributed by atoms with van der Waals surface area (Å²) in [5.41, 5.74) is 2.24. The predicted molar refractivity (Wildman–Crippen MR) is 83.0 cm³/mol. The molecule has 0 saturated heterocycles. The Morgan fingerprint density at radius 3 is 2.75 bits per heavy atom. The van der Waals surface area contributed by atoms with E-state index in [1.807, 2.05) is 23.1 Å². The minimum atomic E-state index is -0.0658. The first-order chi connectivity index (χ1) is 9.43. The highest BCUT2D eigenvalue weighted by Gasteiger charge is 2.61. The third-order valence-corrected chi connectivity index (χ3v) is 4.89. The van der Waals surface area contributed by atoms with Crippen LogP contribution in [0.5, 0.6) is 0 Å². The lowest BCUT2D eigenvalue weighted by atomic mass is 10.1. The summed E-state index contributed by atoms with van der Waals surface area (Å²) in [6.07, 6.45) is 2.74. The number of halogens is 2. The van der Waals surface area contributed by atoms with E-state index in [1.165, 1.54) is 5.56 Å². The van der Waals surface area contributed by atoms with Crippen molar-refractivity contribution < 1.29 is 4.79 Å². The van der Waals surface area contributed by atoms with E-state index in [0.717, 1.165) is 18.7 Å². The van der Waals surface area contributed by atoms with Crippen molar-refractivity contribution in [3.63, 3.8) is 0 Å². The molecule has 2 atom stereocenters. The molecule has 1 amide bonds. The van der Waals surface area contributed by atoms with Crippen molar-refractivity contribution in [2.24, 2.45) is 17.3 Å². The summed E-state index contributed by atoms with van der Waals surface area (Å²) in [4.78, 5) is 14.7. The summed E-state index contributed by atoms with van der Waals surface area (Å²) >= 11 is 11.5. The summed E-state index contributed by atoms with van der Waals surface area (Å²) in [5.74, 6) is 0.296. The smallest absolute Gasteiger partial charge is 0.231 e. The molecule has 1 aromatic rings. The highest BCUT2D eigenvalue weighted by Crippen LogP contribution is 2.60. The van der Waals surface area contributed by atoms with Gasteiger partial charge in [0.05, 0.1) is 5.92 Å². The number of hydrogen-bond acceptors (Lipinski definition) is 1. The van der Waals surface area contributed by atoms with Crippen molar-refractivity contribution in [1.29, 1.82) is 0 Å². The Balaban J connectivity index is 1.84. The van der Waals surface area contributed by atoms with Gasteiger partial charge in [0.25, 0.3) is 0 Å². The first kappa shape index (κ1) is 14.0. The van der Waals surface area contributed by atoms with Crippen LogP contribution in [0.2, 0.25) is 0 Å². The number of rotatable bonds is 2. The molecule has 2 nitrogen and oxygen atoms in total. The molecule has 20 heavy (non-hydrogen) atoms. The molecule has 0 bridgehead atoms. The summed E-state index contributed by atoms with van der Waals surface area (Å²) in [5, 5.41) is 0. The molecule has 2 aliphatic rings. The number of carbonyl (C=O) groups excluding carboxylic acids is 1. The minimum Gasteiger partial charge on any atom is -0.312 e. The van der Waals surface area contributed by atoms with Crippen LogP contribution in [0.25, 0.3) is 0 Å². The van der Waals surface area contributed by atoms with Gasteiger partial charge in [0.1, 0.15) is 4.49 Å². The van der Waals surface area contributed by atoms with E-state index in [2.05, 4.69) is 19.9 Å². The van der Waals surface area contributed by atoms with E-state index in [4.69, 9.17) is 23.2 Å². The summed E-state index contributed by atoms with van der Waals surface area (Å²) in [7, 11) is 0. The number of fused-ring (bicyclic) bond motifs is 1. The Labute approximate surface area is 129 Å². The van der Waals surface area contributed by atoms with E-state index in [-0.39, 0.29) is 27.6 Å². The molecule has 1 saturated carbocycles. The molecule has 0 unspecified atom stereocenters. The van der Waals surface area contributed by atoms with Crippen LogP contribution in [-0.4, -0.2) is 12.5 Å². The number of hydrogen-bond donors (Lipinski definition) is 0. The fourth-order valence-electron chi connectivity index (χ4n) is 3.33. The van der Waals surface area contributed by atoms with Crippen LogP contribution >= 0.6 is 23.2 Å². The number of carbonyl (C=O) groups is 1. The van der Waals surface area contributed by atoms with Gasteiger partial charge in [-0.2, -0.15) is 0 Å². The van der Waals surface area contributed by atoms with Crippen molar-refractivity contribution in [3.8, 4) is 0 Å². The maximum atomic E-state index is 12.8. The number of anilines is 1. The van der Waals surface area contributed by atoms with Gasteiger partial charge < -0.3 is 4.90 Å². The molecular weight excluding hydrogens is 293 g/mol. The van der Waals surface area contributed by atoms with Crippen LogP contribution in [0, 0.1) is 17.3 Å². The monoisotopic (exact) mass is 309 g/mol. The standard InChI is InChI=1S/C16H17Cl2NO/c1-16(2)11(9-13(17)18)14(16)15(20)19-8-7-10-5-3-4-6-12(10)19/h3-6,9,11,14H,7-8H2,1-2H3/t11-,14-/m0/s1. The molecule has 1 aliphatic carbocycles. The number of amides is 1. The largest absolute Gasteiger partial charge is 0.312 e. The molecule has 1 fully saturated rings. The zero-order valence-corrected chi connectivity index (χ0v) is 13.1. The lowest BCUT2D eigenvalue weighted by Gasteiger charge is -2.18. The van der Waals surface area contributed by atoms with Gasteiger partial charge in [-0.25, -0.2) is 0 Å². The predicted octanol–water partition coefficient (Wildman–Crippen LogP) is 4.17. The second-order valence-electron chi connectivity index (χ2n) is 6.15. The maximum absolute atomic E-state index is 12.8. The van der Waals surface area contributed by atoms with Gasteiger partial charge in [0.2, 0.25) is 5.91 Å². The van der Waals surface area contributed by atoms with Crippen molar-refractivity contribution in [2.75, 3.05) is 11.4 Å². The molecule has 0 aromatic heterocycles. The van der Waals surface area contributed by atoms with E-state index >= 15 is 0 Å². The van der Waals surface area contributed by atoms with Crippen molar-refractivity contribution in [3.05, 3.63) is 40.4 Å². The SMILES string of the molecule is CC1(C)[C@H](C(=O)N2CCc3ccccc32)[C@@H]1C=C(Cl)Cl. The Morgan fingerprint density at radius 2 is 2.05 bits per heavy atom. The summed E-state index contributed by atoms with van der Waals surface area (Å²) < 4.78 is 0.250. The van der Waals surface area contributed by atoms with Gasteiger partial charge in [-0.1, -0.05) is 55.2 Å². The van der Waals surface area contributed by atoms with Crippen LogP contribution in [0.15, 0.2) is 34.8 Å². The highest BCUT2D eigenvalue weighted by molar-refractivity contribution is 6.55. The fourth-order valence-corrected chi connectivity index (χ4v) is 3.60. The van der Waals surface area contributed by atoms with E-state index in [9.17, 15) is 4.79 Å². The molecule has 3 rings (SSSR count). The molecule has 4 heteroatoms. The Morgan fingerprint density at radius 1 is 1.35 bits per heavy atom.